The number of nitrogens with one attached hydrogen (secondary N) is 1. The summed E-state index contributed by atoms with van der Waals surface area (Å²) in [5, 5.41) is 2.89. The number of Topliss-reactive ketones (excluding diaryl/α,β-unsaturated/α-hetero) is 1. The summed E-state index contributed by atoms with van der Waals surface area (Å²) >= 11 is 0. The van der Waals surface area contributed by atoms with Gasteiger partial charge in [-0.3, -0.25) is 9.59 Å². The van der Waals surface area contributed by atoms with E-state index in [2.05, 4.69) is 12.2 Å². The van der Waals surface area contributed by atoms with E-state index in [0.29, 0.717) is 6.42 Å². The van der Waals surface area contributed by atoms with Crippen molar-refractivity contribution in [2.45, 2.75) is 77.7 Å². The fourth-order valence-corrected chi connectivity index (χ4v) is 2.66. The van der Waals surface area contributed by atoms with Gasteiger partial charge in [-0.25, -0.2) is 0 Å². The average Bonchev–Trinajstić information content (AvgIpc) is 2.54. The molecule has 0 aliphatic heterocycles. The van der Waals surface area contributed by atoms with Crippen LogP contribution < -0.4 is 5.32 Å². The number of ketones is 1. The van der Waals surface area contributed by atoms with Crippen molar-refractivity contribution >= 4 is 11.7 Å². The van der Waals surface area contributed by atoms with Crippen molar-refractivity contribution in [2.24, 2.45) is 0 Å². The van der Waals surface area contributed by atoms with Crippen molar-refractivity contribution in [1.29, 1.82) is 0 Å². The Morgan fingerprint density at radius 3 is 2.22 bits per heavy atom. The molecule has 1 atom stereocenters. The summed E-state index contributed by atoms with van der Waals surface area (Å²) in [5.41, 5.74) is 1.06. The van der Waals surface area contributed by atoms with Crippen LogP contribution in [0.15, 0.2) is 30.3 Å². The summed E-state index contributed by atoms with van der Waals surface area (Å²) in [6.45, 7) is 4.15. The zero-order valence-electron chi connectivity index (χ0n) is 14.6. The number of carbonyl (C=O) groups excluding carboxylic acids is 2. The van der Waals surface area contributed by atoms with Crippen LogP contribution in [-0.4, -0.2) is 11.7 Å². The zero-order valence-corrected chi connectivity index (χ0v) is 14.6. The third kappa shape index (κ3) is 9.17. The Hall–Kier alpha value is -1.64. The number of hydrogen-bond donors (Lipinski definition) is 1. The molecule has 3 heteroatoms. The second-order valence-electron chi connectivity index (χ2n) is 6.29. The Bertz CT molecular complexity index is 456. The third-order valence-electron chi connectivity index (χ3n) is 4.09. The maximum Gasteiger partial charge on any atom is 0.227 e. The maximum absolute atomic E-state index is 11.9. The second-order valence-corrected chi connectivity index (χ2v) is 6.29. The van der Waals surface area contributed by atoms with Gasteiger partial charge in [0.2, 0.25) is 5.91 Å². The molecular formula is C20H31NO2. The lowest BCUT2D eigenvalue weighted by molar-refractivity contribution is -0.128. The lowest BCUT2D eigenvalue weighted by Gasteiger charge is -2.13. The Morgan fingerprint density at radius 2 is 1.57 bits per heavy atom. The van der Waals surface area contributed by atoms with E-state index in [0.717, 1.165) is 18.4 Å². The van der Waals surface area contributed by atoms with E-state index in [1.165, 1.54) is 32.1 Å². The highest BCUT2D eigenvalue weighted by Crippen LogP contribution is 2.12. The van der Waals surface area contributed by atoms with Crippen LogP contribution >= 0.6 is 0 Å². The quantitative estimate of drug-likeness (QED) is 0.437. The van der Waals surface area contributed by atoms with E-state index in [-0.39, 0.29) is 24.2 Å². The number of hydrogen-bond acceptors (Lipinski definition) is 2. The minimum atomic E-state index is -0.172. The average molecular weight is 317 g/mol. The van der Waals surface area contributed by atoms with Gasteiger partial charge in [0.1, 0.15) is 5.78 Å². The molecule has 0 spiro atoms. The molecule has 0 saturated heterocycles. The van der Waals surface area contributed by atoms with Crippen LogP contribution in [-0.2, 0) is 9.59 Å². The van der Waals surface area contributed by atoms with Crippen molar-refractivity contribution in [3.05, 3.63) is 35.9 Å². The van der Waals surface area contributed by atoms with Crippen molar-refractivity contribution in [2.75, 3.05) is 0 Å². The van der Waals surface area contributed by atoms with Gasteiger partial charge in [-0.2, -0.15) is 0 Å². The summed E-state index contributed by atoms with van der Waals surface area (Å²) in [4.78, 5) is 23.8. The standard InChI is InChI=1S/C20H31NO2/c1-3-4-5-6-7-8-12-15-19(22)16-20(23)21-17(2)18-13-10-9-11-14-18/h9-11,13-14,17H,3-8,12,15-16H2,1-2H3,(H,21,23)/t17-/m1/s1. The topological polar surface area (TPSA) is 46.2 Å². The van der Waals surface area contributed by atoms with E-state index in [1.807, 2.05) is 37.3 Å². The molecule has 0 unspecified atom stereocenters. The van der Waals surface area contributed by atoms with Gasteiger partial charge >= 0.3 is 0 Å². The Balaban J connectivity index is 2.13. The van der Waals surface area contributed by atoms with Crippen LogP contribution in [0.25, 0.3) is 0 Å². The van der Waals surface area contributed by atoms with E-state index in [9.17, 15) is 9.59 Å². The number of unbranched alkanes of at least 4 members (excludes halogenated alkanes) is 6. The monoisotopic (exact) mass is 317 g/mol. The molecule has 1 amide bonds. The van der Waals surface area contributed by atoms with Crippen LogP contribution in [0.5, 0.6) is 0 Å². The fraction of sp³-hybridized carbons (Fsp3) is 0.600. The van der Waals surface area contributed by atoms with Crippen LogP contribution in [0.1, 0.15) is 83.2 Å². The smallest absolute Gasteiger partial charge is 0.227 e. The summed E-state index contributed by atoms with van der Waals surface area (Å²) in [7, 11) is 0. The predicted octanol–water partition coefficient (Wildman–Crippen LogP) is 4.96. The first-order valence-corrected chi connectivity index (χ1v) is 8.99. The molecule has 1 N–H and O–H groups in total. The molecule has 0 radical (unpaired) electrons. The molecule has 0 aliphatic carbocycles. The number of rotatable bonds is 12. The van der Waals surface area contributed by atoms with Gasteiger partial charge in [0.15, 0.2) is 0 Å². The van der Waals surface area contributed by atoms with Gasteiger partial charge in [-0.15, -0.1) is 0 Å². The van der Waals surface area contributed by atoms with Gasteiger partial charge in [0.25, 0.3) is 0 Å². The van der Waals surface area contributed by atoms with Crippen LogP contribution in [0.2, 0.25) is 0 Å². The molecule has 1 rings (SSSR count). The number of benzene rings is 1. The molecule has 3 nitrogen and oxygen atoms in total. The third-order valence-corrected chi connectivity index (χ3v) is 4.09. The highest BCUT2D eigenvalue weighted by molar-refractivity contribution is 5.98. The number of amides is 1. The highest BCUT2D eigenvalue weighted by Gasteiger charge is 2.12. The van der Waals surface area contributed by atoms with Gasteiger partial charge in [0, 0.05) is 6.42 Å². The first-order valence-electron chi connectivity index (χ1n) is 8.99. The molecule has 128 valence electrons. The molecule has 23 heavy (non-hydrogen) atoms. The van der Waals surface area contributed by atoms with Gasteiger partial charge in [0.05, 0.1) is 12.5 Å². The Morgan fingerprint density at radius 1 is 0.957 bits per heavy atom. The van der Waals surface area contributed by atoms with Crippen molar-refractivity contribution < 1.29 is 9.59 Å². The summed E-state index contributed by atoms with van der Waals surface area (Å²) in [5.74, 6) is -0.120. The highest BCUT2D eigenvalue weighted by atomic mass is 16.2. The summed E-state index contributed by atoms with van der Waals surface area (Å²) in [6, 6.07) is 9.74. The van der Waals surface area contributed by atoms with Crippen LogP contribution in [0, 0.1) is 0 Å². The van der Waals surface area contributed by atoms with Gasteiger partial charge in [-0.1, -0.05) is 75.8 Å². The SMILES string of the molecule is CCCCCCCCCC(=O)CC(=O)N[C@H](C)c1ccccc1. The first-order chi connectivity index (χ1) is 11.1. The van der Waals surface area contributed by atoms with Crippen LogP contribution in [0.4, 0.5) is 0 Å². The van der Waals surface area contributed by atoms with Crippen LogP contribution in [0.3, 0.4) is 0 Å². The zero-order chi connectivity index (χ0) is 16.9. The molecule has 0 bridgehead atoms. The molecule has 0 saturated carbocycles. The largest absolute Gasteiger partial charge is 0.349 e. The molecular weight excluding hydrogens is 286 g/mol. The Labute approximate surface area is 140 Å². The predicted molar refractivity (Wildman–Crippen MR) is 95.2 cm³/mol. The molecule has 1 aromatic carbocycles. The number of carbonyl (C=O) groups is 2. The van der Waals surface area contributed by atoms with E-state index in [4.69, 9.17) is 0 Å². The fourth-order valence-electron chi connectivity index (χ4n) is 2.66. The van der Waals surface area contributed by atoms with Crippen molar-refractivity contribution in [3.8, 4) is 0 Å². The first kappa shape index (κ1) is 19.4. The lowest BCUT2D eigenvalue weighted by Crippen LogP contribution is -2.28. The lowest BCUT2D eigenvalue weighted by atomic mass is 10.1. The summed E-state index contributed by atoms with van der Waals surface area (Å²) < 4.78 is 0. The molecule has 1 aromatic rings. The van der Waals surface area contributed by atoms with E-state index in [1.54, 1.807) is 0 Å². The second kappa shape index (κ2) is 11.9. The normalized spacial score (nSPS) is 11.9. The molecule has 0 heterocycles. The van der Waals surface area contributed by atoms with Gasteiger partial charge in [-0.05, 0) is 18.9 Å². The minimum Gasteiger partial charge on any atom is -0.349 e. The molecule has 0 aliphatic rings. The van der Waals surface area contributed by atoms with Crippen molar-refractivity contribution in [1.82, 2.24) is 5.32 Å². The van der Waals surface area contributed by atoms with Gasteiger partial charge < -0.3 is 5.32 Å². The maximum atomic E-state index is 11.9. The molecule has 0 aromatic heterocycles. The summed E-state index contributed by atoms with van der Waals surface area (Å²) in [6.07, 6.45) is 8.86. The minimum absolute atomic E-state index is 0.00695. The van der Waals surface area contributed by atoms with Crippen molar-refractivity contribution in [3.63, 3.8) is 0 Å². The molecule has 0 fully saturated rings. The van der Waals surface area contributed by atoms with E-state index < -0.39 is 0 Å². The van der Waals surface area contributed by atoms with E-state index >= 15 is 0 Å². The Kier molecular flexibility index (Phi) is 10.0.